The van der Waals surface area contributed by atoms with Gasteiger partial charge in [-0.2, -0.15) is 0 Å². The molecule has 0 aliphatic heterocycles. The fourth-order valence-corrected chi connectivity index (χ4v) is 1.35. The van der Waals surface area contributed by atoms with E-state index in [1.165, 1.54) is 6.20 Å². The van der Waals surface area contributed by atoms with Gasteiger partial charge in [-0.15, -0.1) is 0 Å². The van der Waals surface area contributed by atoms with E-state index in [9.17, 15) is 13.6 Å². The van der Waals surface area contributed by atoms with Crippen molar-refractivity contribution in [3.05, 3.63) is 27.1 Å². The minimum absolute atomic E-state index is 0.194. The van der Waals surface area contributed by atoms with Crippen molar-refractivity contribution in [2.24, 2.45) is 0 Å². The first-order chi connectivity index (χ1) is 5.66. The predicted molar refractivity (Wildman–Crippen MR) is 47.3 cm³/mol. The summed E-state index contributed by atoms with van der Waals surface area (Å²) in [5, 5.41) is 0. The fraction of sp³-hybridized carbons (Fsp3) is 0.143. The zero-order valence-corrected chi connectivity index (χ0v) is 7.96. The number of carbonyl (C=O) groups excluding carboxylic acids is 1. The van der Waals surface area contributed by atoms with Crippen molar-refractivity contribution in [2.45, 2.75) is 6.43 Å². The van der Waals surface area contributed by atoms with Crippen LogP contribution in [-0.2, 0) is 0 Å². The third-order valence-electron chi connectivity index (χ3n) is 1.30. The van der Waals surface area contributed by atoms with Gasteiger partial charge < -0.3 is 0 Å². The molecule has 0 bridgehead atoms. The molecule has 0 aromatic carbocycles. The number of rotatable bonds is 2. The molecule has 0 saturated carbocycles. The van der Waals surface area contributed by atoms with Gasteiger partial charge in [0.2, 0.25) is 0 Å². The molecule has 0 aliphatic rings. The van der Waals surface area contributed by atoms with E-state index in [4.69, 9.17) is 0 Å². The minimum atomic E-state index is -2.58. The number of halogens is 3. The first-order valence-electron chi connectivity index (χ1n) is 3.03. The van der Waals surface area contributed by atoms with Crippen LogP contribution in [-0.4, -0.2) is 11.3 Å². The number of hydrogen-bond acceptors (Lipinski definition) is 2. The maximum Gasteiger partial charge on any atom is 0.266 e. The Morgan fingerprint density at radius 3 is 2.67 bits per heavy atom. The highest BCUT2D eigenvalue weighted by Crippen LogP contribution is 2.24. The molecule has 2 nitrogen and oxygen atoms in total. The van der Waals surface area contributed by atoms with E-state index in [-0.39, 0.29) is 14.7 Å². The number of alkyl halides is 2. The summed E-state index contributed by atoms with van der Waals surface area (Å²) < 4.78 is 24.6. The summed E-state index contributed by atoms with van der Waals surface area (Å²) in [6.07, 6.45) is 0.269. The van der Waals surface area contributed by atoms with E-state index in [0.29, 0.717) is 6.29 Å². The summed E-state index contributed by atoms with van der Waals surface area (Å²) in [4.78, 5) is 13.8. The van der Waals surface area contributed by atoms with Gasteiger partial charge in [0.1, 0.15) is 0 Å². The lowest BCUT2D eigenvalue weighted by Gasteiger charge is -2.02. The quantitative estimate of drug-likeness (QED) is 0.616. The average Bonchev–Trinajstić information content (AvgIpc) is 2.04. The number of pyridine rings is 1. The van der Waals surface area contributed by atoms with E-state index in [0.717, 1.165) is 6.20 Å². The Balaban J connectivity index is 3.22. The van der Waals surface area contributed by atoms with Crippen molar-refractivity contribution in [3.63, 3.8) is 0 Å². The molecule has 0 aliphatic carbocycles. The van der Waals surface area contributed by atoms with Crippen LogP contribution in [0.2, 0.25) is 0 Å². The van der Waals surface area contributed by atoms with Crippen LogP contribution in [0.4, 0.5) is 8.78 Å². The van der Waals surface area contributed by atoms with Crippen molar-refractivity contribution < 1.29 is 13.6 Å². The largest absolute Gasteiger partial charge is 0.298 e. The second kappa shape index (κ2) is 3.88. The molecule has 0 radical (unpaired) electrons. The predicted octanol–water partition coefficient (Wildman–Crippen LogP) is 2.44. The Hall–Kier alpha value is -0.590. The Kier molecular flexibility index (Phi) is 3.07. The highest BCUT2D eigenvalue weighted by molar-refractivity contribution is 14.1. The van der Waals surface area contributed by atoms with Crippen LogP contribution < -0.4 is 0 Å². The Bertz CT molecular complexity index is 303. The lowest BCUT2D eigenvalue weighted by atomic mass is 10.2. The number of carbonyl (C=O) groups is 1. The molecule has 0 unspecified atom stereocenters. The van der Waals surface area contributed by atoms with Gasteiger partial charge in [0.15, 0.2) is 6.29 Å². The lowest BCUT2D eigenvalue weighted by molar-refractivity contribution is 0.112. The highest BCUT2D eigenvalue weighted by atomic mass is 127. The Labute approximate surface area is 81.1 Å². The molecule has 1 aromatic rings. The van der Waals surface area contributed by atoms with Crippen molar-refractivity contribution in [3.8, 4) is 0 Å². The zero-order chi connectivity index (χ0) is 9.14. The van der Waals surface area contributed by atoms with E-state index in [1.54, 1.807) is 22.6 Å². The smallest absolute Gasteiger partial charge is 0.266 e. The Morgan fingerprint density at radius 2 is 2.17 bits per heavy atom. The molecule has 0 atom stereocenters. The summed E-state index contributed by atoms with van der Waals surface area (Å²) in [5.74, 6) is 0. The molecule has 64 valence electrons. The number of aromatic nitrogens is 1. The van der Waals surface area contributed by atoms with Crippen LogP contribution >= 0.6 is 22.6 Å². The highest BCUT2D eigenvalue weighted by Gasteiger charge is 2.13. The summed E-state index contributed by atoms with van der Waals surface area (Å²) in [6, 6.07) is 0. The number of hydrogen-bond donors (Lipinski definition) is 0. The molecule has 0 saturated heterocycles. The van der Waals surface area contributed by atoms with Gasteiger partial charge >= 0.3 is 0 Å². The standard InChI is InChI=1S/C7H4F2INO/c8-7(9)5-2-11-1-4(3-12)6(5)10/h1-3,7H. The lowest BCUT2D eigenvalue weighted by Crippen LogP contribution is -1.96. The zero-order valence-electron chi connectivity index (χ0n) is 5.80. The van der Waals surface area contributed by atoms with Crippen LogP contribution in [0.1, 0.15) is 22.3 Å². The maximum absolute atomic E-state index is 12.2. The SMILES string of the molecule is O=Cc1cncc(C(F)F)c1I. The molecule has 12 heavy (non-hydrogen) atoms. The van der Waals surface area contributed by atoms with Crippen molar-refractivity contribution in [2.75, 3.05) is 0 Å². The summed E-state index contributed by atoms with van der Waals surface area (Å²) in [6.45, 7) is 0. The molecule has 1 rings (SSSR count). The van der Waals surface area contributed by atoms with E-state index in [2.05, 4.69) is 4.98 Å². The second-order valence-corrected chi connectivity index (χ2v) is 3.13. The molecule has 5 heteroatoms. The molecular formula is C7H4F2INO. The number of nitrogens with zero attached hydrogens (tertiary/aromatic N) is 1. The van der Waals surface area contributed by atoms with Gasteiger partial charge in [-0.1, -0.05) is 0 Å². The van der Waals surface area contributed by atoms with Crippen molar-refractivity contribution >= 4 is 28.9 Å². The van der Waals surface area contributed by atoms with Crippen LogP contribution in [0.3, 0.4) is 0 Å². The second-order valence-electron chi connectivity index (χ2n) is 2.05. The summed E-state index contributed by atoms with van der Waals surface area (Å²) in [7, 11) is 0. The van der Waals surface area contributed by atoms with E-state index < -0.39 is 6.43 Å². The van der Waals surface area contributed by atoms with Crippen molar-refractivity contribution in [1.29, 1.82) is 0 Å². The van der Waals surface area contributed by atoms with Crippen LogP contribution in [0.25, 0.3) is 0 Å². The topological polar surface area (TPSA) is 30.0 Å². The Morgan fingerprint density at radius 1 is 1.50 bits per heavy atom. The third kappa shape index (κ3) is 1.77. The van der Waals surface area contributed by atoms with Gasteiger partial charge in [-0.3, -0.25) is 9.78 Å². The summed E-state index contributed by atoms with van der Waals surface area (Å²) in [5.41, 5.74) is 0.00796. The van der Waals surface area contributed by atoms with Crippen molar-refractivity contribution in [1.82, 2.24) is 4.98 Å². The third-order valence-corrected chi connectivity index (χ3v) is 2.54. The first kappa shape index (κ1) is 9.50. The monoisotopic (exact) mass is 283 g/mol. The van der Waals surface area contributed by atoms with Gasteiger partial charge in [0.05, 0.1) is 5.56 Å². The van der Waals surface area contributed by atoms with Gasteiger partial charge in [-0.25, -0.2) is 8.78 Å². The summed E-state index contributed by atoms with van der Waals surface area (Å²) >= 11 is 1.70. The van der Waals surface area contributed by atoms with Gasteiger partial charge in [-0.05, 0) is 22.6 Å². The molecule has 0 fully saturated rings. The molecule has 0 spiro atoms. The van der Waals surface area contributed by atoms with Crippen LogP contribution in [0.5, 0.6) is 0 Å². The molecule has 0 amide bonds. The number of aldehydes is 1. The van der Waals surface area contributed by atoms with E-state index >= 15 is 0 Å². The average molecular weight is 283 g/mol. The molecule has 1 heterocycles. The van der Waals surface area contributed by atoms with Gasteiger partial charge in [0.25, 0.3) is 6.43 Å². The van der Waals surface area contributed by atoms with Gasteiger partial charge in [0, 0.05) is 21.5 Å². The van der Waals surface area contributed by atoms with Crippen LogP contribution in [0.15, 0.2) is 12.4 Å². The van der Waals surface area contributed by atoms with E-state index in [1.807, 2.05) is 0 Å². The normalized spacial score (nSPS) is 10.3. The molecular weight excluding hydrogens is 279 g/mol. The fourth-order valence-electron chi connectivity index (χ4n) is 0.712. The molecule has 1 aromatic heterocycles. The first-order valence-corrected chi connectivity index (χ1v) is 4.11. The minimum Gasteiger partial charge on any atom is -0.298 e. The van der Waals surface area contributed by atoms with Crippen LogP contribution in [0, 0.1) is 3.57 Å². The maximum atomic E-state index is 12.2. The molecule has 0 N–H and O–H groups in total.